The number of nitrogens with zero attached hydrogens (tertiary/aromatic N) is 1. The van der Waals surface area contributed by atoms with E-state index in [9.17, 15) is 18.0 Å². The molecule has 0 spiro atoms. The molecule has 1 aliphatic rings. The number of rotatable bonds is 9. The predicted octanol–water partition coefficient (Wildman–Crippen LogP) is 1.14. The molecule has 2 heterocycles. The highest BCUT2D eigenvalue weighted by molar-refractivity contribution is 7.89. The van der Waals surface area contributed by atoms with Crippen molar-refractivity contribution < 1.29 is 18.1 Å². The van der Waals surface area contributed by atoms with Crippen molar-refractivity contribution in [1.29, 1.82) is 0 Å². The van der Waals surface area contributed by atoms with Gasteiger partial charge in [0.1, 0.15) is 5.56 Å². The van der Waals surface area contributed by atoms with Gasteiger partial charge in [0.2, 0.25) is 15.5 Å². The van der Waals surface area contributed by atoms with Crippen LogP contribution in [0.15, 0.2) is 34.1 Å². The summed E-state index contributed by atoms with van der Waals surface area (Å²) in [7, 11) is -3.70. The first kappa shape index (κ1) is 24.4. The third-order valence-electron chi connectivity index (χ3n) is 6.48. The molecule has 0 bridgehead atoms. The SMILES string of the molecule is CCN(CC)S(=O)(=O)c1ccc2[nH]cc(C(=O)NCCC[NH+]3CCCCC3C)c(=O)c2c1. The summed E-state index contributed by atoms with van der Waals surface area (Å²) in [6, 6.07) is 5.07. The molecule has 2 aromatic rings. The number of H-pyrrole nitrogens is 1. The van der Waals surface area contributed by atoms with Crippen molar-refractivity contribution in [2.24, 2.45) is 0 Å². The summed E-state index contributed by atoms with van der Waals surface area (Å²) in [6.45, 7) is 9.18. The third kappa shape index (κ3) is 5.22. The minimum atomic E-state index is -3.70. The fourth-order valence-corrected chi connectivity index (χ4v) is 5.96. The van der Waals surface area contributed by atoms with E-state index in [0.717, 1.165) is 13.0 Å². The van der Waals surface area contributed by atoms with Crippen molar-refractivity contribution in [3.8, 4) is 0 Å². The van der Waals surface area contributed by atoms with E-state index < -0.39 is 21.4 Å². The molecule has 9 heteroatoms. The van der Waals surface area contributed by atoms with Crippen LogP contribution in [-0.2, 0) is 10.0 Å². The molecular weight excluding hydrogens is 428 g/mol. The number of sulfonamides is 1. The van der Waals surface area contributed by atoms with Gasteiger partial charge in [-0.15, -0.1) is 0 Å². The predicted molar refractivity (Wildman–Crippen MR) is 126 cm³/mol. The van der Waals surface area contributed by atoms with Gasteiger partial charge in [0.05, 0.1) is 24.0 Å². The number of nitrogens with one attached hydrogen (secondary N) is 3. The Morgan fingerprint density at radius 3 is 2.69 bits per heavy atom. The second-order valence-electron chi connectivity index (χ2n) is 8.49. The summed E-state index contributed by atoms with van der Waals surface area (Å²) >= 11 is 0. The van der Waals surface area contributed by atoms with E-state index in [1.54, 1.807) is 24.8 Å². The molecule has 0 radical (unpaired) electrons. The Hall–Kier alpha value is -2.23. The summed E-state index contributed by atoms with van der Waals surface area (Å²) in [5, 5.41) is 3.03. The molecule has 1 saturated heterocycles. The lowest BCUT2D eigenvalue weighted by Crippen LogP contribution is -3.16. The van der Waals surface area contributed by atoms with Crippen molar-refractivity contribution in [2.45, 2.75) is 57.4 Å². The molecule has 2 atom stereocenters. The van der Waals surface area contributed by atoms with Crippen LogP contribution in [-0.4, -0.2) is 62.4 Å². The van der Waals surface area contributed by atoms with Gasteiger partial charge < -0.3 is 15.2 Å². The largest absolute Gasteiger partial charge is 0.360 e. The average molecular weight is 464 g/mol. The maximum Gasteiger partial charge on any atom is 0.256 e. The van der Waals surface area contributed by atoms with E-state index in [4.69, 9.17) is 0 Å². The van der Waals surface area contributed by atoms with Crippen LogP contribution in [0, 0.1) is 0 Å². The fourth-order valence-electron chi connectivity index (χ4n) is 4.48. The first-order valence-corrected chi connectivity index (χ1v) is 13.0. The molecule has 32 heavy (non-hydrogen) atoms. The van der Waals surface area contributed by atoms with Crippen molar-refractivity contribution in [2.75, 3.05) is 32.7 Å². The molecule has 3 N–H and O–H groups in total. The highest BCUT2D eigenvalue weighted by Gasteiger charge is 2.23. The molecule has 3 rings (SSSR count). The molecule has 0 saturated carbocycles. The molecule has 2 unspecified atom stereocenters. The number of aromatic amines is 1. The summed E-state index contributed by atoms with van der Waals surface area (Å²) in [5.74, 6) is -0.438. The van der Waals surface area contributed by atoms with E-state index in [-0.39, 0.29) is 15.8 Å². The van der Waals surface area contributed by atoms with Crippen molar-refractivity contribution in [1.82, 2.24) is 14.6 Å². The monoisotopic (exact) mass is 463 g/mol. The number of pyridine rings is 1. The second kappa shape index (κ2) is 10.6. The van der Waals surface area contributed by atoms with Crippen LogP contribution in [0.4, 0.5) is 0 Å². The van der Waals surface area contributed by atoms with Gasteiger partial charge in [-0.2, -0.15) is 4.31 Å². The van der Waals surface area contributed by atoms with Gasteiger partial charge in [0.25, 0.3) is 5.91 Å². The molecule has 176 valence electrons. The summed E-state index contributed by atoms with van der Waals surface area (Å²) in [5.41, 5.74) is 0.0180. The van der Waals surface area contributed by atoms with E-state index in [0.29, 0.717) is 31.2 Å². The summed E-state index contributed by atoms with van der Waals surface area (Å²) < 4.78 is 27.0. The lowest BCUT2D eigenvalue weighted by Gasteiger charge is -2.30. The normalized spacial score (nSPS) is 19.4. The van der Waals surface area contributed by atoms with Crippen LogP contribution in [0.2, 0.25) is 0 Å². The van der Waals surface area contributed by atoms with Gasteiger partial charge in [-0.3, -0.25) is 9.59 Å². The summed E-state index contributed by atoms with van der Waals surface area (Å²) in [4.78, 5) is 30.2. The highest BCUT2D eigenvalue weighted by atomic mass is 32.2. The zero-order chi connectivity index (χ0) is 23.3. The molecule has 8 nitrogen and oxygen atoms in total. The van der Waals surface area contributed by atoms with Crippen molar-refractivity contribution >= 4 is 26.8 Å². The number of benzene rings is 1. The minimum absolute atomic E-state index is 0.00595. The van der Waals surface area contributed by atoms with E-state index in [1.165, 1.54) is 48.4 Å². The number of piperidine rings is 1. The zero-order valence-electron chi connectivity index (χ0n) is 19.2. The molecular formula is C23H35N4O4S+. The number of amides is 1. The standard InChI is InChI=1S/C23H34N4O4S/c1-4-27(5-2)32(30,31)18-10-11-21-19(15-18)22(28)20(16-25-21)23(29)24-12-8-14-26-13-7-6-9-17(26)3/h10-11,15-17H,4-9,12-14H2,1-3H3,(H,24,29)(H,25,28)/p+1. The van der Waals surface area contributed by atoms with Gasteiger partial charge >= 0.3 is 0 Å². The number of carbonyl (C=O) groups is 1. The average Bonchev–Trinajstić information content (AvgIpc) is 2.78. The van der Waals surface area contributed by atoms with Gasteiger partial charge in [-0.1, -0.05) is 13.8 Å². The first-order chi connectivity index (χ1) is 15.3. The molecule has 1 aromatic heterocycles. The molecule has 0 aliphatic carbocycles. The molecule has 1 aliphatic heterocycles. The Kier molecular flexibility index (Phi) is 8.08. The number of hydrogen-bond donors (Lipinski definition) is 3. The number of hydrogen-bond acceptors (Lipinski definition) is 4. The van der Waals surface area contributed by atoms with Gasteiger partial charge in [-0.05, 0) is 44.4 Å². The van der Waals surface area contributed by atoms with E-state index >= 15 is 0 Å². The topological polar surface area (TPSA) is 104 Å². The zero-order valence-corrected chi connectivity index (χ0v) is 20.1. The summed E-state index contributed by atoms with van der Waals surface area (Å²) in [6.07, 6.45) is 6.05. The van der Waals surface area contributed by atoms with Crippen molar-refractivity contribution in [3.05, 3.63) is 40.2 Å². The fraction of sp³-hybridized carbons (Fsp3) is 0.565. The van der Waals surface area contributed by atoms with Crippen LogP contribution in [0.1, 0.15) is 56.8 Å². The van der Waals surface area contributed by atoms with Gasteiger partial charge in [0.15, 0.2) is 0 Å². The minimum Gasteiger partial charge on any atom is -0.360 e. The Bertz CT molecular complexity index is 1110. The molecule has 1 amide bonds. The number of likely N-dealkylation sites (tertiary alicyclic amines) is 1. The molecule has 1 fully saturated rings. The number of carbonyl (C=O) groups excluding carboxylic acids is 1. The van der Waals surface area contributed by atoms with Crippen LogP contribution in [0.3, 0.4) is 0 Å². The highest BCUT2D eigenvalue weighted by Crippen LogP contribution is 2.19. The lowest BCUT2D eigenvalue weighted by atomic mass is 10.0. The Morgan fingerprint density at radius 1 is 1.25 bits per heavy atom. The van der Waals surface area contributed by atoms with Crippen LogP contribution in [0.25, 0.3) is 10.9 Å². The Balaban J connectivity index is 1.73. The lowest BCUT2D eigenvalue weighted by molar-refractivity contribution is -0.928. The van der Waals surface area contributed by atoms with Crippen LogP contribution < -0.4 is 15.6 Å². The van der Waals surface area contributed by atoms with Crippen LogP contribution in [0.5, 0.6) is 0 Å². The quantitative estimate of drug-likeness (QED) is 0.485. The first-order valence-electron chi connectivity index (χ1n) is 11.6. The Labute approximate surface area is 190 Å². The van der Waals surface area contributed by atoms with Crippen molar-refractivity contribution in [3.63, 3.8) is 0 Å². The van der Waals surface area contributed by atoms with E-state index in [1.807, 2.05) is 0 Å². The van der Waals surface area contributed by atoms with Crippen LogP contribution >= 0.6 is 0 Å². The maximum atomic E-state index is 13.0. The smallest absolute Gasteiger partial charge is 0.256 e. The molecule has 1 aromatic carbocycles. The maximum absolute atomic E-state index is 13.0. The van der Waals surface area contributed by atoms with Gasteiger partial charge in [0, 0.05) is 43.2 Å². The second-order valence-corrected chi connectivity index (χ2v) is 10.4. The third-order valence-corrected chi connectivity index (χ3v) is 8.53. The number of aromatic nitrogens is 1. The number of fused-ring (bicyclic) bond motifs is 1. The van der Waals surface area contributed by atoms with Gasteiger partial charge in [-0.25, -0.2) is 8.42 Å². The Morgan fingerprint density at radius 2 is 2.00 bits per heavy atom. The number of quaternary nitrogens is 1. The van der Waals surface area contributed by atoms with E-state index in [2.05, 4.69) is 17.2 Å².